The van der Waals surface area contributed by atoms with Gasteiger partial charge in [-0.1, -0.05) is 29.8 Å². The van der Waals surface area contributed by atoms with Crippen molar-refractivity contribution in [1.82, 2.24) is 10.3 Å². The number of benzene rings is 1. The molecule has 2 N–H and O–H groups in total. The summed E-state index contributed by atoms with van der Waals surface area (Å²) in [5, 5.41) is 18.5. The van der Waals surface area contributed by atoms with Gasteiger partial charge in [0, 0.05) is 18.5 Å². The Balaban J connectivity index is 1.96. The van der Waals surface area contributed by atoms with Gasteiger partial charge in [-0.25, -0.2) is 4.98 Å². The first kappa shape index (κ1) is 13.5. The van der Waals surface area contributed by atoms with E-state index in [1.165, 1.54) is 11.8 Å². The molecule has 21 heavy (non-hydrogen) atoms. The number of nitrogens with one attached hydrogen (secondary N) is 2. The maximum absolute atomic E-state index is 11.2. The van der Waals surface area contributed by atoms with Gasteiger partial charge in [-0.05, 0) is 19.0 Å². The van der Waals surface area contributed by atoms with E-state index in [-0.39, 0.29) is 5.69 Å². The third kappa shape index (κ3) is 2.85. The number of hydrogen-bond donors (Lipinski definition) is 2. The van der Waals surface area contributed by atoms with Crippen LogP contribution in [-0.4, -0.2) is 29.5 Å². The van der Waals surface area contributed by atoms with Gasteiger partial charge in [-0.3, -0.25) is 10.1 Å². The van der Waals surface area contributed by atoms with Crippen molar-refractivity contribution in [2.75, 3.05) is 25.0 Å². The van der Waals surface area contributed by atoms with Crippen molar-refractivity contribution in [3.63, 3.8) is 0 Å². The number of pyridine rings is 1. The van der Waals surface area contributed by atoms with E-state index in [0.29, 0.717) is 12.2 Å². The third-order valence-electron chi connectivity index (χ3n) is 3.60. The topological polar surface area (TPSA) is 80.1 Å². The number of para-hydroxylation sites is 1. The minimum absolute atomic E-state index is 0.0169. The molecule has 3 rings (SSSR count). The van der Waals surface area contributed by atoms with E-state index in [9.17, 15) is 10.1 Å². The number of aromatic nitrogens is 1. The molecule has 0 atom stereocenters. The van der Waals surface area contributed by atoms with Crippen LogP contribution in [-0.2, 0) is 0 Å². The first-order valence-electron chi connectivity index (χ1n) is 6.90. The fourth-order valence-corrected chi connectivity index (χ4v) is 2.49. The van der Waals surface area contributed by atoms with E-state index in [0.717, 1.165) is 30.4 Å². The van der Waals surface area contributed by atoms with E-state index in [1.807, 2.05) is 24.3 Å². The van der Waals surface area contributed by atoms with Crippen LogP contribution in [0.3, 0.4) is 0 Å². The summed E-state index contributed by atoms with van der Waals surface area (Å²) in [7, 11) is 0. The van der Waals surface area contributed by atoms with Crippen LogP contribution in [0.25, 0.3) is 10.9 Å². The second kappa shape index (κ2) is 5.88. The molecular formula is C15H16N4O2. The maximum Gasteiger partial charge on any atom is 0.311 e. The highest BCUT2D eigenvalue weighted by atomic mass is 16.6. The highest BCUT2D eigenvalue weighted by Gasteiger charge is 2.18. The lowest BCUT2D eigenvalue weighted by Crippen LogP contribution is -2.23. The van der Waals surface area contributed by atoms with Crippen molar-refractivity contribution in [3.8, 4) is 0 Å². The molecular weight excluding hydrogens is 268 g/mol. The van der Waals surface area contributed by atoms with Crippen LogP contribution in [0.4, 0.5) is 11.4 Å². The molecule has 0 fully saturated rings. The number of nitrogens with zero attached hydrogens (tertiary/aromatic N) is 2. The molecule has 0 unspecified atom stereocenters. The zero-order valence-corrected chi connectivity index (χ0v) is 11.5. The van der Waals surface area contributed by atoms with E-state index in [4.69, 9.17) is 0 Å². The molecule has 1 aromatic carbocycles. The Hall–Kier alpha value is -2.47. The molecule has 0 spiro atoms. The summed E-state index contributed by atoms with van der Waals surface area (Å²) in [4.78, 5) is 15.0. The molecule has 0 bridgehead atoms. The molecule has 0 aliphatic carbocycles. The van der Waals surface area contributed by atoms with Crippen LogP contribution in [0.2, 0.25) is 0 Å². The van der Waals surface area contributed by atoms with Crippen LogP contribution in [0.1, 0.15) is 6.42 Å². The Morgan fingerprint density at radius 3 is 3.00 bits per heavy atom. The highest BCUT2D eigenvalue weighted by Crippen LogP contribution is 2.31. The second-order valence-electron chi connectivity index (χ2n) is 4.96. The molecule has 6 heteroatoms. The molecule has 1 aliphatic heterocycles. The number of fused-ring (bicyclic) bond motifs is 1. The fourth-order valence-electron chi connectivity index (χ4n) is 2.49. The molecule has 108 valence electrons. The Morgan fingerprint density at radius 1 is 1.38 bits per heavy atom. The van der Waals surface area contributed by atoms with E-state index < -0.39 is 4.92 Å². The predicted octanol–water partition coefficient (Wildman–Crippen LogP) is 2.47. The van der Waals surface area contributed by atoms with Crippen molar-refractivity contribution in [2.45, 2.75) is 6.42 Å². The van der Waals surface area contributed by atoms with Gasteiger partial charge in [0.15, 0.2) is 0 Å². The van der Waals surface area contributed by atoms with Crippen molar-refractivity contribution < 1.29 is 4.92 Å². The predicted molar refractivity (Wildman–Crippen MR) is 82.5 cm³/mol. The molecule has 0 radical (unpaired) electrons. The molecule has 1 aliphatic rings. The smallest absolute Gasteiger partial charge is 0.311 e. The summed E-state index contributed by atoms with van der Waals surface area (Å²) in [6.07, 6.45) is 4.41. The van der Waals surface area contributed by atoms with Crippen LogP contribution >= 0.6 is 0 Å². The maximum atomic E-state index is 11.2. The Kier molecular flexibility index (Phi) is 3.79. The monoisotopic (exact) mass is 284 g/mol. The SMILES string of the molecule is O=[N+]([O-])c1cnc2ccccc2c1NCC1=CCNCC1. The third-order valence-corrected chi connectivity index (χ3v) is 3.60. The standard InChI is InChI=1S/C15H16N4O2/c20-19(21)14-10-17-13-4-2-1-3-12(13)15(14)18-9-11-5-7-16-8-6-11/h1-5,10,16H,6-9H2,(H,17,18). The van der Waals surface area contributed by atoms with Gasteiger partial charge in [-0.2, -0.15) is 0 Å². The summed E-state index contributed by atoms with van der Waals surface area (Å²) in [6.45, 7) is 2.43. The zero-order chi connectivity index (χ0) is 14.7. The quantitative estimate of drug-likeness (QED) is 0.512. The molecule has 1 aromatic heterocycles. The molecule has 2 heterocycles. The summed E-state index contributed by atoms with van der Waals surface area (Å²) < 4.78 is 0. The summed E-state index contributed by atoms with van der Waals surface area (Å²) in [5.41, 5.74) is 2.59. The van der Waals surface area contributed by atoms with Crippen molar-refractivity contribution >= 4 is 22.3 Å². The van der Waals surface area contributed by atoms with Crippen LogP contribution < -0.4 is 10.6 Å². The largest absolute Gasteiger partial charge is 0.375 e. The zero-order valence-electron chi connectivity index (χ0n) is 11.5. The molecule has 0 amide bonds. The summed E-state index contributed by atoms with van der Waals surface area (Å²) in [5.74, 6) is 0. The van der Waals surface area contributed by atoms with Gasteiger partial charge in [0.2, 0.25) is 0 Å². The Labute approximate surface area is 122 Å². The first-order chi connectivity index (χ1) is 10.3. The summed E-state index contributed by atoms with van der Waals surface area (Å²) in [6, 6.07) is 7.45. The Morgan fingerprint density at radius 2 is 2.24 bits per heavy atom. The van der Waals surface area contributed by atoms with E-state index in [1.54, 1.807) is 0 Å². The van der Waals surface area contributed by atoms with Crippen molar-refractivity contribution in [1.29, 1.82) is 0 Å². The van der Waals surface area contributed by atoms with Crippen molar-refractivity contribution in [2.24, 2.45) is 0 Å². The second-order valence-corrected chi connectivity index (χ2v) is 4.96. The van der Waals surface area contributed by atoms with Crippen LogP contribution in [0.15, 0.2) is 42.1 Å². The molecule has 0 saturated heterocycles. The number of rotatable bonds is 4. The van der Waals surface area contributed by atoms with Gasteiger partial charge < -0.3 is 10.6 Å². The number of nitro groups is 1. The first-order valence-corrected chi connectivity index (χ1v) is 6.90. The average molecular weight is 284 g/mol. The van der Waals surface area contributed by atoms with Gasteiger partial charge in [0.05, 0.1) is 10.4 Å². The molecule has 6 nitrogen and oxygen atoms in total. The normalized spacial score (nSPS) is 14.8. The lowest BCUT2D eigenvalue weighted by Gasteiger charge is -2.16. The lowest BCUT2D eigenvalue weighted by atomic mass is 10.1. The van der Waals surface area contributed by atoms with Gasteiger partial charge in [-0.15, -0.1) is 0 Å². The molecule has 0 saturated carbocycles. The average Bonchev–Trinajstić information content (AvgIpc) is 2.53. The Bertz CT molecular complexity index is 712. The summed E-state index contributed by atoms with van der Waals surface area (Å²) >= 11 is 0. The lowest BCUT2D eigenvalue weighted by molar-refractivity contribution is -0.384. The van der Waals surface area contributed by atoms with Gasteiger partial charge >= 0.3 is 5.69 Å². The van der Waals surface area contributed by atoms with Crippen molar-refractivity contribution in [3.05, 3.63) is 52.2 Å². The minimum atomic E-state index is -0.390. The molecule has 2 aromatic rings. The van der Waals surface area contributed by atoms with Crippen LogP contribution in [0.5, 0.6) is 0 Å². The number of anilines is 1. The van der Waals surface area contributed by atoms with E-state index in [2.05, 4.69) is 21.7 Å². The fraction of sp³-hybridized carbons (Fsp3) is 0.267. The number of hydrogen-bond acceptors (Lipinski definition) is 5. The highest BCUT2D eigenvalue weighted by molar-refractivity contribution is 5.95. The van der Waals surface area contributed by atoms with Gasteiger partial charge in [0.25, 0.3) is 0 Å². The minimum Gasteiger partial charge on any atom is -0.375 e. The van der Waals surface area contributed by atoms with Crippen LogP contribution in [0, 0.1) is 10.1 Å². The van der Waals surface area contributed by atoms with E-state index >= 15 is 0 Å². The van der Waals surface area contributed by atoms with Gasteiger partial charge in [0.1, 0.15) is 11.9 Å².